The lowest BCUT2D eigenvalue weighted by Gasteiger charge is -2.16. The van der Waals surface area contributed by atoms with E-state index >= 15 is 0 Å². The van der Waals surface area contributed by atoms with Crippen molar-refractivity contribution in [1.82, 2.24) is 15.3 Å². The summed E-state index contributed by atoms with van der Waals surface area (Å²) in [7, 11) is 0. The fourth-order valence-corrected chi connectivity index (χ4v) is 3.02. The maximum Gasteiger partial charge on any atom is 0.272 e. The van der Waals surface area contributed by atoms with Gasteiger partial charge in [-0.25, -0.2) is 4.98 Å². The van der Waals surface area contributed by atoms with E-state index in [0.29, 0.717) is 30.7 Å². The summed E-state index contributed by atoms with van der Waals surface area (Å²) >= 11 is 0. The van der Waals surface area contributed by atoms with E-state index in [2.05, 4.69) is 15.3 Å². The lowest BCUT2D eigenvalue weighted by Crippen LogP contribution is -2.46. The van der Waals surface area contributed by atoms with Crippen molar-refractivity contribution in [3.8, 4) is 5.88 Å². The average Bonchev–Trinajstić information content (AvgIpc) is 3.60. The molecule has 0 bridgehead atoms. The lowest BCUT2D eigenvalue weighted by molar-refractivity contribution is -0.119. The van der Waals surface area contributed by atoms with Crippen LogP contribution >= 0.6 is 0 Å². The van der Waals surface area contributed by atoms with E-state index in [4.69, 9.17) is 10.5 Å². The highest BCUT2D eigenvalue weighted by Crippen LogP contribution is 2.42. The number of carbonyl (C=O) groups excluding carboxylic acids is 2. The predicted octanol–water partition coefficient (Wildman–Crippen LogP) is 1.97. The molecule has 3 N–H and O–H groups in total. The van der Waals surface area contributed by atoms with Crippen molar-refractivity contribution in [2.45, 2.75) is 44.1 Å². The summed E-state index contributed by atoms with van der Waals surface area (Å²) in [5, 5.41) is 2.68. The fourth-order valence-electron chi connectivity index (χ4n) is 3.02. The monoisotopic (exact) mass is 380 g/mol. The van der Waals surface area contributed by atoms with Gasteiger partial charge in [0, 0.05) is 12.3 Å². The van der Waals surface area contributed by atoms with Crippen molar-refractivity contribution in [2.24, 2.45) is 11.7 Å². The number of hydrogen-bond acceptors (Lipinski definition) is 5. The minimum Gasteiger partial charge on any atom is -0.476 e. The number of rotatable bonds is 9. The van der Waals surface area contributed by atoms with Crippen LogP contribution in [0.3, 0.4) is 0 Å². The number of nitrogens with two attached hydrogens (primary N) is 1. The molecule has 2 aliphatic rings. The molecule has 4 rings (SSSR count). The van der Waals surface area contributed by atoms with E-state index in [9.17, 15) is 9.59 Å². The normalized spacial score (nSPS) is 17.0. The zero-order chi connectivity index (χ0) is 19.5. The van der Waals surface area contributed by atoms with Crippen molar-refractivity contribution in [1.29, 1.82) is 0 Å². The third-order valence-electron chi connectivity index (χ3n) is 5.05. The van der Waals surface area contributed by atoms with Gasteiger partial charge < -0.3 is 15.8 Å². The molecule has 146 valence electrons. The van der Waals surface area contributed by atoms with Crippen LogP contribution in [0.1, 0.15) is 53.3 Å². The number of nitrogens with zero attached hydrogens (tertiary/aromatic N) is 2. The van der Waals surface area contributed by atoms with E-state index in [1.54, 1.807) is 0 Å². The molecule has 1 aromatic heterocycles. The zero-order valence-electron chi connectivity index (χ0n) is 15.6. The number of amides is 2. The second-order valence-electron chi connectivity index (χ2n) is 7.59. The van der Waals surface area contributed by atoms with Crippen LogP contribution in [0.4, 0.5) is 0 Å². The van der Waals surface area contributed by atoms with Gasteiger partial charge in [-0.1, -0.05) is 30.3 Å². The van der Waals surface area contributed by atoms with Gasteiger partial charge in [0.1, 0.15) is 11.7 Å². The Hall–Kier alpha value is -2.96. The standard InChI is InChI=1S/C21H24N4O3/c22-19(26)16(10-13-4-2-1-3-5-13)24-20(27)17-11-23-18(15-8-9-15)21(25-17)28-12-14-6-7-14/h1-5,11,14-16H,6-10,12H2,(H2,22,26)(H,24,27). The molecule has 1 aromatic carbocycles. The number of nitrogens with one attached hydrogen (secondary N) is 1. The Bertz CT molecular complexity index is 863. The predicted molar refractivity (Wildman–Crippen MR) is 103 cm³/mol. The van der Waals surface area contributed by atoms with E-state index in [1.807, 2.05) is 30.3 Å². The maximum absolute atomic E-state index is 12.7. The number of primary amides is 1. The third-order valence-corrected chi connectivity index (χ3v) is 5.05. The fraction of sp³-hybridized carbons (Fsp3) is 0.429. The molecule has 1 atom stereocenters. The molecule has 28 heavy (non-hydrogen) atoms. The second kappa shape index (κ2) is 7.96. The van der Waals surface area contributed by atoms with Crippen molar-refractivity contribution >= 4 is 11.8 Å². The van der Waals surface area contributed by atoms with Crippen LogP contribution in [-0.2, 0) is 11.2 Å². The quantitative estimate of drug-likeness (QED) is 0.692. The first-order valence-electron chi connectivity index (χ1n) is 9.74. The Morgan fingerprint density at radius 2 is 1.93 bits per heavy atom. The molecule has 7 heteroatoms. The molecule has 0 spiro atoms. The first-order chi connectivity index (χ1) is 13.6. The van der Waals surface area contributed by atoms with E-state index in [0.717, 1.165) is 24.1 Å². The molecule has 2 aliphatic carbocycles. The van der Waals surface area contributed by atoms with Crippen LogP contribution in [0.25, 0.3) is 0 Å². The van der Waals surface area contributed by atoms with E-state index in [-0.39, 0.29) is 5.69 Å². The van der Waals surface area contributed by atoms with Gasteiger partial charge in [-0.15, -0.1) is 0 Å². The average molecular weight is 380 g/mol. The Labute approximate surface area is 163 Å². The molecule has 7 nitrogen and oxygen atoms in total. The molecule has 2 amide bonds. The molecule has 1 unspecified atom stereocenters. The van der Waals surface area contributed by atoms with Crippen LogP contribution in [0, 0.1) is 5.92 Å². The summed E-state index contributed by atoms with van der Waals surface area (Å²) in [5.74, 6) is 0.322. The molecule has 2 fully saturated rings. The van der Waals surface area contributed by atoms with Gasteiger partial charge in [-0.3, -0.25) is 14.6 Å². The van der Waals surface area contributed by atoms with Gasteiger partial charge in [0.05, 0.1) is 12.8 Å². The minimum absolute atomic E-state index is 0.134. The molecule has 2 aromatic rings. The number of carbonyl (C=O) groups is 2. The third kappa shape index (κ3) is 4.65. The Kier molecular flexibility index (Phi) is 5.23. The van der Waals surface area contributed by atoms with E-state index < -0.39 is 17.9 Å². The molecular formula is C21H24N4O3. The van der Waals surface area contributed by atoms with Gasteiger partial charge in [0.25, 0.3) is 5.91 Å². The number of benzene rings is 1. The van der Waals surface area contributed by atoms with Crippen molar-refractivity contribution in [3.05, 3.63) is 53.5 Å². The van der Waals surface area contributed by atoms with Gasteiger partial charge in [-0.05, 0) is 37.2 Å². The molecule has 2 saturated carbocycles. The summed E-state index contributed by atoms with van der Waals surface area (Å²) in [5.41, 5.74) is 7.36. The van der Waals surface area contributed by atoms with Gasteiger partial charge in [0.2, 0.25) is 11.8 Å². The first kappa shape index (κ1) is 18.4. The SMILES string of the molecule is NC(=O)C(Cc1ccccc1)NC(=O)c1cnc(C2CC2)c(OCC2CC2)n1. The highest BCUT2D eigenvalue weighted by atomic mass is 16.5. The summed E-state index contributed by atoms with van der Waals surface area (Å²) in [6.07, 6.45) is 6.26. The smallest absolute Gasteiger partial charge is 0.272 e. The zero-order valence-corrected chi connectivity index (χ0v) is 15.6. The van der Waals surface area contributed by atoms with Crippen molar-refractivity contribution < 1.29 is 14.3 Å². The second-order valence-corrected chi connectivity index (χ2v) is 7.59. The van der Waals surface area contributed by atoms with Gasteiger partial charge >= 0.3 is 0 Å². The lowest BCUT2D eigenvalue weighted by atomic mass is 10.1. The summed E-state index contributed by atoms with van der Waals surface area (Å²) in [6.45, 7) is 0.609. The van der Waals surface area contributed by atoms with Crippen molar-refractivity contribution in [2.75, 3.05) is 6.61 Å². The van der Waals surface area contributed by atoms with Gasteiger partial charge in [0.15, 0.2) is 5.69 Å². The van der Waals surface area contributed by atoms with Gasteiger partial charge in [-0.2, -0.15) is 0 Å². The highest BCUT2D eigenvalue weighted by molar-refractivity contribution is 5.95. The van der Waals surface area contributed by atoms with Crippen LogP contribution in [0.15, 0.2) is 36.5 Å². The molecule has 0 saturated heterocycles. The summed E-state index contributed by atoms with van der Waals surface area (Å²) in [4.78, 5) is 33.3. The first-order valence-corrected chi connectivity index (χ1v) is 9.74. The molecule has 0 radical (unpaired) electrons. The van der Waals surface area contributed by atoms with Crippen LogP contribution in [-0.4, -0.2) is 34.4 Å². The van der Waals surface area contributed by atoms with Crippen LogP contribution < -0.4 is 15.8 Å². The maximum atomic E-state index is 12.7. The van der Waals surface area contributed by atoms with Crippen LogP contribution in [0.5, 0.6) is 5.88 Å². The van der Waals surface area contributed by atoms with Crippen molar-refractivity contribution in [3.63, 3.8) is 0 Å². The Balaban J connectivity index is 1.47. The minimum atomic E-state index is -0.823. The molecule has 1 heterocycles. The molecular weight excluding hydrogens is 356 g/mol. The topological polar surface area (TPSA) is 107 Å². The van der Waals surface area contributed by atoms with Crippen LogP contribution in [0.2, 0.25) is 0 Å². The molecule has 0 aliphatic heterocycles. The number of ether oxygens (including phenoxy) is 1. The Morgan fingerprint density at radius 1 is 1.18 bits per heavy atom. The number of hydrogen-bond donors (Lipinski definition) is 2. The number of aromatic nitrogens is 2. The Morgan fingerprint density at radius 3 is 2.57 bits per heavy atom. The summed E-state index contributed by atoms with van der Waals surface area (Å²) in [6, 6.07) is 8.59. The van der Waals surface area contributed by atoms with E-state index in [1.165, 1.54) is 19.0 Å². The largest absolute Gasteiger partial charge is 0.476 e. The highest BCUT2D eigenvalue weighted by Gasteiger charge is 2.31. The summed E-state index contributed by atoms with van der Waals surface area (Å²) < 4.78 is 5.86.